The van der Waals surface area contributed by atoms with E-state index in [0.717, 1.165) is 37.8 Å². The van der Waals surface area contributed by atoms with Gasteiger partial charge in [0.2, 0.25) is 10.0 Å². The molecule has 2 fully saturated rings. The Bertz CT molecular complexity index is 1890. The maximum Gasteiger partial charge on any atom is 0.264 e. The highest BCUT2D eigenvalue weighted by Crippen LogP contribution is 2.49. The Balaban J connectivity index is 1.28. The average molecular weight is 762 g/mol. The smallest absolute Gasteiger partial charge is 0.264 e. The molecule has 0 unspecified atom stereocenters. The molecule has 13 heteroatoms. The average Bonchev–Trinajstić information content (AvgIpc) is 3.47. The summed E-state index contributed by atoms with van der Waals surface area (Å²) in [6.45, 7) is 6.66. The molecule has 1 saturated heterocycles. The number of likely N-dealkylation sites (tertiary alicyclic amines) is 1. The highest BCUT2D eigenvalue weighted by atomic mass is 35.5. The van der Waals surface area contributed by atoms with Gasteiger partial charge in [-0.25, -0.2) is 21.6 Å². The number of benzene rings is 2. The number of fused-ring (bicyclic) bond motifs is 4. The Kier molecular flexibility index (Phi) is 10.00. The molecular formula is C38H52ClN3O7S2. The zero-order chi connectivity index (χ0) is 36.3. The van der Waals surface area contributed by atoms with E-state index in [-0.39, 0.29) is 28.7 Å². The van der Waals surface area contributed by atoms with Gasteiger partial charge in [-0.05, 0) is 124 Å². The first-order valence-corrected chi connectivity index (χ1v) is 22.5. The Hall–Kier alpha value is -2.38. The van der Waals surface area contributed by atoms with Crippen LogP contribution in [0.5, 0.6) is 5.75 Å². The number of rotatable bonds is 3. The molecule has 0 aromatic heterocycles. The number of halogens is 1. The van der Waals surface area contributed by atoms with Crippen LogP contribution in [0.25, 0.3) is 0 Å². The van der Waals surface area contributed by atoms with Crippen molar-refractivity contribution in [2.24, 2.45) is 17.8 Å². The maximum atomic E-state index is 13.6. The van der Waals surface area contributed by atoms with Crippen molar-refractivity contribution in [2.75, 3.05) is 50.5 Å². The van der Waals surface area contributed by atoms with Gasteiger partial charge in [-0.2, -0.15) is 0 Å². The van der Waals surface area contributed by atoms with Gasteiger partial charge in [0.15, 0.2) is 9.84 Å². The van der Waals surface area contributed by atoms with E-state index in [2.05, 4.69) is 26.7 Å². The Morgan fingerprint density at radius 1 is 1.04 bits per heavy atom. The van der Waals surface area contributed by atoms with E-state index >= 15 is 0 Å². The van der Waals surface area contributed by atoms with Crippen molar-refractivity contribution in [3.05, 3.63) is 58.1 Å². The summed E-state index contributed by atoms with van der Waals surface area (Å²) >= 11 is 6.45. The second-order valence-electron chi connectivity index (χ2n) is 16.4. The van der Waals surface area contributed by atoms with Crippen LogP contribution < -0.4 is 14.4 Å². The van der Waals surface area contributed by atoms with Crippen molar-refractivity contribution in [1.82, 2.24) is 9.62 Å². The fourth-order valence-corrected chi connectivity index (χ4v) is 12.2. The second-order valence-corrected chi connectivity index (χ2v) is 21.2. The van der Waals surface area contributed by atoms with Crippen LogP contribution in [-0.2, 0) is 31.7 Å². The number of anilines is 1. The summed E-state index contributed by atoms with van der Waals surface area (Å²) < 4.78 is 60.8. The molecule has 3 aliphatic heterocycles. The van der Waals surface area contributed by atoms with Gasteiger partial charge in [0.05, 0.1) is 28.4 Å². The third kappa shape index (κ3) is 7.29. The highest BCUT2D eigenvalue weighted by molar-refractivity contribution is 7.91. The van der Waals surface area contributed by atoms with Crippen LogP contribution in [0.2, 0.25) is 5.02 Å². The number of hydrogen-bond acceptors (Lipinski definition) is 9. The largest absolute Gasteiger partial charge is 0.490 e. The number of β-amino-alcohol motifs (C(OH)–C–C–N with tert-alkyl or cyclic N) is 1. The number of carbonyl (C=O) groups excluding carboxylic acids is 1. The second kappa shape index (κ2) is 13.8. The molecule has 0 radical (unpaired) electrons. The number of aliphatic hydroxyl groups is 1. The molecule has 10 nitrogen and oxygen atoms in total. The number of ether oxygens (including phenoxy) is 1. The molecular weight excluding hydrogens is 710 g/mol. The molecule has 1 spiro atoms. The number of sulfonamides is 1. The van der Waals surface area contributed by atoms with E-state index < -0.39 is 41.9 Å². The molecule has 2 aromatic rings. The Morgan fingerprint density at radius 2 is 1.84 bits per heavy atom. The van der Waals surface area contributed by atoms with Gasteiger partial charge in [0.1, 0.15) is 5.75 Å². The first-order chi connectivity index (χ1) is 24.1. The van der Waals surface area contributed by atoms with Gasteiger partial charge >= 0.3 is 0 Å². The normalized spacial score (nSPS) is 34.4. The van der Waals surface area contributed by atoms with Crippen molar-refractivity contribution < 1.29 is 31.5 Å². The standard InChI is InChI=1S/C38H52ClN3O7S2/c1-25-6-4-16-38(44,23-41-17-14-31(21-41)50(3,45)46)33-11-8-29(33)20-42-22-37(15-5-7-27-18-30(39)10-12-32(27)37)24-49-35-13-9-28(19-34(35)42)36(43)40-51(47,48)26(25)2/h9-10,12-13,18-19,25-26,29,31,33,44H,4-8,11,14-17,20-24H2,1-3H3,(H,40,43)/t25-,26+,29-,31+,33+,37-,38+/m0/s1. The topological polar surface area (TPSA) is 133 Å². The lowest BCUT2D eigenvalue weighted by Crippen LogP contribution is -2.56. The number of hydrogen-bond donors (Lipinski definition) is 2. The molecule has 3 heterocycles. The number of sulfone groups is 1. The summed E-state index contributed by atoms with van der Waals surface area (Å²) in [5.74, 6) is -0.139. The first kappa shape index (κ1) is 37.0. The zero-order valence-electron chi connectivity index (χ0n) is 29.9. The fourth-order valence-electron chi connectivity index (χ4n) is 9.64. The SMILES string of the molecule is C[C@@H]1[C@@H](C)CCC[C@@](O)(CN2CC[C@@H](S(C)(=O)=O)C2)[C@@H]2CC[C@H]2CN2C[C@@]3(CCCc4cc(Cl)ccc43)COc3ccc(cc32)C(=O)NS1(=O)=O. The van der Waals surface area contributed by atoms with Crippen molar-refractivity contribution in [1.29, 1.82) is 0 Å². The number of nitrogens with zero attached hydrogens (tertiary/aromatic N) is 2. The zero-order valence-corrected chi connectivity index (χ0v) is 32.3. The molecule has 5 aliphatic rings. The van der Waals surface area contributed by atoms with Crippen molar-refractivity contribution in [3.8, 4) is 5.75 Å². The van der Waals surface area contributed by atoms with Gasteiger partial charge < -0.3 is 14.7 Å². The molecule has 51 heavy (non-hydrogen) atoms. The monoisotopic (exact) mass is 761 g/mol. The number of nitrogens with one attached hydrogen (secondary N) is 1. The van der Waals surface area contributed by atoms with E-state index in [4.69, 9.17) is 16.3 Å². The summed E-state index contributed by atoms with van der Waals surface area (Å²) in [6, 6.07) is 11.3. The molecule has 2 aliphatic carbocycles. The molecule has 2 N–H and O–H groups in total. The summed E-state index contributed by atoms with van der Waals surface area (Å²) in [5.41, 5.74) is 2.04. The van der Waals surface area contributed by atoms with Gasteiger partial charge in [-0.15, -0.1) is 0 Å². The molecule has 1 amide bonds. The summed E-state index contributed by atoms with van der Waals surface area (Å²) in [5, 5.41) is 12.2. The van der Waals surface area contributed by atoms with E-state index in [1.54, 1.807) is 25.1 Å². The fraction of sp³-hybridized carbons (Fsp3) is 0.658. The van der Waals surface area contributed by atoms with Gasteiger partial charge in [0, 0.05) is 48.4 Å². The lowest BCUT2D eigenvalue weighted by atomic mass is 9.62. The third-order valence-electron chi connectivity index (χ3n) is 13.0. The van der Waals surface area contributed by atoms with Crippen LogP contribution in [0.3, 0.4) is 0 Å². The molecule has 280 valence electrons. The van der Waals surface area contributed by atoms with Crippen molar-refractivity contribution >= 4 is 43.1 Å². The van der Waals surface area contributed by atoms with Crippen molar-refractivity contribution in [3.63, 3.8) is 0 Å². The lowest BCUT2D eigenvalue weighted by molar-refractivity contribution is -0.103. The summed E-state index contributed by atoms with van der Waals surface area (Å²) in [6.07, 6.45) is 8.16. The predicted octanol–water partition coefficient (Wildman–Crippen LogP) is 4.96. The Labute approximate surface area is 308 Å². The van der Waals surface area contributed by atoms with Crippen molar-refractivity contribution in [2.45, 2.75) is 93.2 Å². The molecule has 7 rings (SSSR count). The lowest BCUT2D eigenvalue weighted by Gasteiger charge is -2.51. The first-order valence-electron chi connectivity index (χ1n) is 18.6. The number of carbonyl (C=O) groups is 1. The summed E-state index contributed by atoms with van der Waals surface area (Å²) in [7, 11) is -7.19. The molecule has 2 bridgehead atoms. The molecule has 1 saturated carbocycles. The van der Waals surface area contributed by atoms with Crippen LogP contribution in [0, 0.1) is 17.8 Å². The minimum absolute atomic E-state index is 0.0216. The van der Waals surface area contributed by atoms with Gasteiger partial charge in [-0.1, -0.05) is 31.0 Å². The van der Waals surface area contributed by atoms with E-state index in [1.165, 1.54) is 17.4 Å². The highest BCUT2D eigenvalue weighted by Gasteiger charge is 2.50. The van der Waals surface area contributed by atoms with Crippen LogP contribution >= 0.6 is 11.6 Å². The number of amides is 1. The minimum Gasteiger partial charge on any atom is -0.490 e. The van der Waals surface area contributed by atoms with E-state index in [9.17, 15) is 26.7 Å². The molecule has 7 atom stereocenters. The van der Waals surface area contributed by atoms with Crippen LogP contribution in [0.1, 0.15) is 86.7 Å². The van der Waals surface area contributed by atoms with Crippen LogP contribution in [-0.4, -0.2) is 94.4 Å². The predicted molar refractivity (Wildman–Crippen MR) is 200 cm³/mol. The van der Waals surface area contributed by atoms with E-state index in [1.807, 2.05) is 13.0 Å². The minimum atomic E-state index is -4.00. The number of aryl methyl sites for hydroxylation is 1. The maximum absolute atomic E-state index is 13.6. The molecule has 2 aromatic carbocycles. The van der Waals surface area contributed by atoms with E-state index in [0.29, 0.717) is 75.8 Å². The summed E-state index contributed by atoms with van der Waals surface area (Å²) in [4.78, 5) is 18.0. The third-order valence-corrected chi connectivity index (χ3v) is 16.7. The Morgan fingerprint density at radius 3 is 2.57 bits per heavy atom. The van der Waals surface area contributed by atoms with Crippen LogP contribution in [0.15, 0.2) is 36.4 Å². The van der Waals surface area contributed by atoms with Crippen LogP contribution in [0.4, 0.5) is 5.69 Å². The quantitative estimate of drug-likeness (QED) is 0.446. The van der Waals surface area contributed by atoms with Gasteiger partial charge in [0.25, 0.3) is 5.91 Å². The van der Waals surface area contributed by atoms with Gasteiger partial charge in [-0.3, -0.25) is 9.69 Å².